The second kappa shape index (κ2) is 3.45. The van der Waals surface area contributed by atoms with E-state index in [-0.39, 0.29) is 0 Å². The van der Waals surface area contributed by atoms with E-state index in [1.165, 1.54) is 25.9 Å². The van der Waals surface area contributed by atoms with Gasteiger partial charge in [0.2, 0.25) is 0 Å². The molecule has 1 heteroatoms. The van der Waals surface area contributed by atoms with Crippen LogP contribution in [0, 0.1) is 17.8 Å². The van der Waals surface area contributed by atoms with Gasteiger partial charge >= 0.3 is 0 Å². The van der Waals surface area contributed by atoms with Gasteiger partial charge in [0.15, 0.2) is 0 Å². The molecule has 1 heterocycles. The SMILES string of the molecule is CC(C)C1=CCC2CCN(C)CC12. The van der Waals surface area contributed by atoms with Crippen LogP contribution < -0.4 is 0 Å². The zero-order valence-corrected chi connectivity index (χ0v) is 9.09. The summed E-state index contributed by atoms with van der Waals surface area (Å²) in [5.41, 5.74) is 1.73. The number of hydrogen-bond acceptors (Lipinski definition) is 1. The molecule has 0 aromatic rings. The lowest BCUT2D eigenvalue weighted by atomic mass is 9.82. The summed E-state index contributed by atoms with van der Waals surface area (Å²) < 4.78 is 0. The maximum absolute atomic E-state index is 2.51. The van der Waals surface area contributed by atoms with Gasteiger partial charge in [-0.3, -0.25) is 0 Å². The molecular formula is C12H21N. The fourth-order valence-electron chi connectivity index (χ4n) is 2.93. The first-order valence-corrected chi connectivity index (χ1v) is 5.57. The van der Waals surface area contributed by atoms with Crippen LogP contribution in [0.3, 0.4) is 0 Å². The second-order valence-electron chi connectivity index (χ2n) is 5.01. The largest absolute Gasteiger partial charge is 0.306 e. The monoisotopic (exact) mass is 179 g/mol. The lowest BCUT2D eigenvalue weighted by Gasteiger charge is -2.35. The fourth-order valence-corrected chi connectivity index (χ4v) is 2.93. The Bertz CT molecular complexity index is 217. The second-order valence-corrected chi connectivity index (χ2v) is 5.01. The van der Waals surface area contributed by atoms with Gasteiger partial charge in [0.05, 0.1) is 0 Å². The lowest BCUT2D eigenvalue weighted by molar-refractivity contribution is 0.172. The standard InChI is InChI=1S/C12H21N/c1-9(2)11-5-4-10-6-7-13(3)8-12(10)11/h5,9-10,12H,4,6-8H2,1-3H3. The molecule has 0 bridgehead atoms. The molecule has 2 unspecified atom stereocenters. The summed E-state index contributed by atoms with van der Waals surface area (Å²) in [6.07, 6.45) is 5.28. The van der Waals surface area contributed by atoms with Gasteiger partial charge in [-0.25, -0.2) is 0 Å². The quantitative estimate of drug-likeness (QED) is 0.559. The van der Waals surface area contributed by atoms with Crippen LogP contribution in [0.5, 0.6) is 0 Å². The van der Waals surface area contributed by atoms with E-state index in [1.54, 1.807) is 5.57 Å². The van der Waals surface area contributed by atoms with Crippen molar-refractivity contribution in [3.8, 4) is 0 Å². The third-order valence-electron chi connectivity index (χ3n) is 3.71. The minimum Gasteiger partial charge on any atom is -0.306 e. The smallest absolute Gasteiger partial charge is 0.00468 e. The molecule has 0 aromatic heterocycles. The molecule has 2 atom stereocenters. The van der Waals surface area contributed by atoms with Crippen LogP contribution in [0.4, 0.5) is 0 Å². The average molecular weight is 179 g/mol. The number of nitrogens with zero attached hydrogens (tertiary/aromatic N) is 1. The van der Waals surface area contributed by atoms with Gasteiger partial charge < -0.3 is 4.90 Å². The molecule has 2 aliphatic rings. The Labute approximate surface area is 81.8 Å². The molecule has 1 fully saturated rings. The van der Waals surface area contributed by atoms with E-state index in [2.05, 4.69) is 31.9 Å². The zero-order chi connectivity index (χ0) is 9.42. The van der Waals surface area contributed by atoms with Crippen LogP contribution in [0.15, 0.2) is 11.6 Å². The van der Waals surface area contributed by atoms with E-state index in [4.69, 9.17) is 0 Å². The summed E-state index contributed by atoms with van der Waals surface area (Å²) in [5.74, 6) is 2.63. The first kappa shape index (κ1) is 9.26. The van der Waals surface area contributed by atoms with Crippen molar-refractivity contribution in [1.29, 1.82) is 0 Å². The highest BCUT2D eigenvalue weighted by Gasteiger charge is 2.34. The Kier molecular flexibility index (Phi) is 2.46. The van der Waals surface area contributed by atoms with E-state index in [0.717, 1.165) is 17.8 Å². The van der Waals surface area contributed by atoms with Crippen molar-refractivity contribution in [1.82, 2.24) is 4.90 Å². The van der Waals surface area contributed by atoms with Crippen molar-refractivity contribution in [2.75, 3.05) is 20.1 Å². The summed E-state index contributed by atoms with van der Waals surface area (Å²) in [6, 6.07) is 0. The van der Waals surface area contributed by atoms with Crippen molar-refractivity contribution >= 4 is 0 Å². The topological polar surface area (TPSA) is 3.24 Å². The maximum atomic E-state index is 2.51. The lowest BCUT2D eigenvalue weighted by Crippen LogP contribution is -2.37. The predicted molar refractivity (Wildman–Crippen MR) is 56.6 cm³/mol. The van der Waals surface area contributed by atoms with Crippen LogP contribution in [0.1, 0.15) is 26.7 Å². The fraction of sp³-hybridized carbons (Fsp3) is 0.833. The highest BCUT2D eigenvalue weighted by atomic mass is 15.1. The van der Waals surface area contributed by atoms with Gasteiger partial charge in [-0.05, 0) is 44.2 Å². The van der Waals surface area contributed by atoms with Gasteiger partial charge in [0.25, 0.3) is 0 Å². The van der Waals surface area contributed by atoms with Gasteiger partial charge in [-0.1, -0.05) is 25.5 Å². The third kappa shape index (κ3) is 1.67. The van der Waals surface area contributed by atoms with Crippen LogP contribution in [0.25, 0.3) is 0 Å². The van der Waals surface area contributed by atoms with Crippen LogP contribution in [-0.4, -0.2) is 25.0 Å². The van der Waals surface area contributed by atoms with Gasteiger partial charge in [-0.15, -0.1) is 0 Å². The summed E-state index contributed by atoms with van der Waals surface area (Å²) in [4.78, 5) is 2.49. The minimum atomic E-state index is 0.765. The molecule has 1 saturated heterocycles. The number of likely N-dealkylation sites (tertiary alicyclic amines) is 1. The molecule has 1 nitrogen and oxygen atoms in total. The van der Waals surface area contributed by atoms with Crippen molar-refractivity contribution < 1.29 is 0 Å². The Morgan fingerprint density at radius 2 is 2.23 bits per heavy atom. The third-order valence-corrected chi connectivity index (χ3v) is 3.71. The van der Waals surface area contributed by atoms with Crippen LogP contribution in [-0.2, 0) is 0 Å². The zero-order valence-electron chi connectivity index (χ0n) is 9.09. The van der Waals surface area contributed by atoms with Crippen molar-refractivity contribution in [2.24, 2.45) is 17.8 Å². The van der Waals surface area contributed by atoms with Gasteiger partial charge in [-0.2, -0.15) is 0 Å². The molecule has 0 radical (unpaired) electrons. The molecule has 2 rings (SSSR count). The highest BCUT2D eigenvalue weighted by Crippen LogP contribution is 2.40. The summed E-state index contributed by atoms with van der Waals surface area (Å²) in [6.45, 7) is 7.28. The Morgan fingerprint density at radius 1 is 1.46 bits per heavy atom. The van der Waals surface area contributed by atoms with Crippen molar-refractivity contribution in [3.63, 3.8) is 0 Å². The predicted octanol–water partition coefficient (Wildman–Crippen LogP) is 2.54. The van der Waals surface area contributed by atoms with Gasteiger partial charge in [0, 0.05) is 6.54 Å². The molecule has 0 spiro atoms. The molecule has 0 N–H and O–H groups in total. The summed E-state index contributed by atoms with van der Waals surface area (Å²) >= 11 is 0. The molecule has 0 aromatic carbocycles. The van der Waals surface area contributed by atoms with E-state index < -0.39 is 0 Å². The van der Waals surface area contributed by atoms with Crippen molar-refractivity contribution in [2.45, 2.75) is 26.7 Å². The number of rotatable bonds is 1. The van der Waals surface area contributed by atoms with E-state index in [0.29, 0.717) is 0 Å². The number of hydrogen-bond donors (Lipinski definition) is 0. The number of allylic oxidation sites excluding steroid dienone is 1. The summed E-state index contributed by atoms with van der Waals surface area (Å²) in [5, 5.41) is 0. The average Bonchev–Trinajstić information content (AvgIpc) is 2.46. The molecule has 13 heavy (non-hydrogen) atoms. The first-order chi connectivity index (χ1) is 6.18. The number of piperidine rings is 1. The minimum absolute atomic E-state index is 0.765. The molecule has 74 valence electrons. The van der Waals surface area contributed by atoms with Crippen molar-refractivity contribution in [3.05, 3.63) is 11.6 Å². The van der Waals surface area contributed by atoms with E-state index >= 15 is 0 Å². The Morgan fingerprint density at radius 3 is 2.92 bits per heavy atom. The van der Waals surface area contributed by atoms with E-state index in [9.17, 15) is 0 Å². The molecule has 0 saturated carbocycles. The highest BCUT2D eigenvalue weighted by molar-refractivity contribution is 5.18. The normalized spacial score (nSPS) is 34.9. The molecule has 1 aliphatic heterocycles. The Balaban J connectivity index is 2.08. The maximum Gasteiger partial charge on any atom is 0.00468 e. The summed E-state index contributed by atoms with van der Waals surface area (Å²) in [7, 11) is 2.26. The Hall–Kier alpha value is -0.300. The van der Waals surface area contributed by atoms with Crippen LogP contribution >= 0.6 is 0 Å². The number of fused-ring (bicyclic) bond motifs is 1. The molecule has 1 aliphatic carbocycles. The van der Waals surface area contributed by atoms with Gasteiger partial charge in [0.1, 0.15) is 0 Å². The molecular weight excluding hydrogens is 158 g/mol. The van der Waals surface area contributed by atoms with E-state index in [1.807, 2.05) is 0 Å². The first-order valence-electron chi connectivity index (χ1n) is 5.57. The molecule has 0 amide bonds. The van der Waals surface area contributed by atoms with Crippen LogP contribution in [0.2, 0.25) is 0 Å².